The average molecular weight is 781 g/mol. The van der Waals surface area contributed by atoms with E-state index in [0.717, 1.165) is 69.0 Å². The highest BCUT2D eigenvalue weighted by molar-refractivity contribution is 5.93. The van der Waals surface area contributed by atoms with Gasteiger partial charge in [0.25, 0.3) is 0 Å². The fraction of sp³-hybridized carbons (Fsp3) is 0.0877. The number of allylic oxidation sites excluding steroid dienone is 11. The van der Waals surface area contributed by atoms with E-state index in [1.165, 1.54) is 22.4 Å². The van der Waals surface area contributed by atoms with E-state index < -0.39 is 5.41 Å². The minimum atomic E-state index is -0.762. The molecule has 0 fully saturated rings. The van der Waals surface area contributed by atoms with Gasteiger partial charge in [0.1, 0.15) is 17.7 Å². The van der Waals surface area contributed by atoms with Gasteiger partial charge in [-0.05, 0) is 118 Å². The van der Waals surface area contributed by atoms with Crippen molar-refractivity contribution in [2.24, 2.45) is 0 Å². The van der Waals surface area contributed by atoms with E-state index in [-0.39, 0.29) is 17.5 Å². The average Bonchev–Trinajstić information content (AvgIpc) is 3.84. The summed E-state index contributed by atoms with van der Waals surface area (Å²) in [6.07, 6.45) is 26.3. The molecule has 5 aliphatic rings. The molecule has 0 amide bonds. The molecule has 0 spiro atoms. The van der Waals surface area contributed by atoms with E-state index in [9.17, 15) is 10.5 Å². The Morgan fingerprint density at radius 3 is 2.11 bits per heavy atom. The van der Waals surface area contributed by atoms with E-state index in [2.05, 4.69) is 192 Å². The molecule has 288 valence electrons. The first-order chi connectivity index (χ1) is 30.2. The number of nitrogens with zero attached hydrogens (tertiary/aromatic N) is 4. The molecule has 4 heteroatoms. The van der Waals surface area contributed by atoms with Crippen molar-refractivity contribution in [3.63, 3.8) is 0 Å². The van der Waals surface area contributed by atoms with Crippen molar-refractivity contribution in [2.75, 3.05) is 9.80 Å². The Hall–Kier alpha value is -7.92. The van der Waals surface area contributed by atoms with Gasteiger partial charge in [-0.2, -0.15) is 10.5 Å². The van der Waals surface area contributed by atoms with Gasteiger partial charge < -0.3 is 9.80 Å². The molecule has 6 aromatic rings. The highest BCUT2D eigenvalue weighted by Crippen LogP contribution is 2.55. The Morgan fingerprint density at radius 1 is 0.639 bits per heavy atom. The Morgan fingerprint density at radius 2 is 1.34 bits per heavy atom. The van der Waals surface area contributed by atoms with Crippen LogP contribution < -0.4 is 9.80 Å². The fourth-order valence-electron chi connectivity index (χ4n) is 10.4. The van der Waals surface area contributed by atoms with Gasteiger partial charge in [0.05, 0.1) is 11.5 Å². The summed E-state index contributed by atoms with van der Waals surface area (Å²) < 4.78 is 0. The van der Waals surface area contributed by atoms with Gasteiger partial charge in [0, 0.05) is 39.9 Å². The summed E-state index contributed by atoms with van der Waals surface area (Å²) in [5.41, 5.74) is 16.1. The number of rotatable bonds is 5. The Kier molecular flexibility index (Phi) is 8.73. The lowest BCUT2D eigenvalue weighted by Crippen LogP contribution is -2.29. The van der Waals surface area contributed by atoms with E-state index >= 15 is 0 Å². The Bertz CT molecular complexity index is 3000. The number of aryl methyl sites for hydroxylation is 1. The first-order valence-electron chi connectivity index (χ1n) is 21.0. The number of anilines is 5. The second-order valence-electron chi connectivity index (χ2n) is 16.1. The van der Waals surface area contributed by atoms with Gasteiger partial charge in [-0.25, -0.2) is 0 Å². The van der Waals surface area contributed by atoms with Crippen LogP contribution in [0.1, 0.15) is 56.8 Å². The molecule has 3 atom stereocenters. The summed E-state index contributed by atoms with van der Waals surface area (Å²) in [5.74, 6) is 0.272. The second kappa shape index (κ2) is 14.7. The van der Waals surface area contributed by atoms with Gasteiger partial charge in [0.2, 0.25) is 0 Å². The molecule has 1 heterocycles. The number of nitriles is 2. The largest absolute Gasteiger partial charge is 0.333 e. The van der Waals surface area contributed by atoms with Crippen LogP contribution in [-0.4, -0.2) is 6.04 Å². The van der Waals surface area contributed by atoms with Crippen molar-refractivity contribution in [2.45, 2.75) is 30.2 Å². The zero-order valence-electron chi connectivity index (χ0n) is 33.5. The van der Waals surface area contributed by atoms with Crippen LogP contribution in [0.3, 0.4) is 0 Å². The minimum absolute atomic E-state index is 0.0798. The lowest BCUT2D eigenvalue weighted by Gasteiger charge is -2.34. The van der Waals surface area contributed by atoms with E-state index in [0.29, 0.717) is 5.57 Å². The lowest BCUT2D eigenvalue weighted by molar-refractivity contribution is 0.741. The van der Waals surface area contributed by atoms with E-state index in [1.807, 2.05) is 36.4 Å². The van der Waals surface area contributed by atoms with E-state index in [4.69, 9.17) is 0 Å². The topological polar surface area (TPSA) is 54.1 Å². The molecule has 6 aromatic carbocycles. The van der Waals surface area contributed by atoms with Crippen LogP contribution in [0.15, 0.2) is 206 Å². The standard InChI is InChI=1S/C57H40N4/c58-37-41(38-59)47-21-9-8-16-40-36-57(52-25-13-11-23-49(47)52,53-33-32-46(35-51(40)53)60(43-17-3-1-4-18-43)44-19-5-2-6-20-44)42-28-30-45(31-29-42)61-54-26-14-12-24-50(54)56-48-22-10-7-15-39(48)27-34-55(56)61/h1-6,8-14,16-36,50,54H,7,15H2/b16-8-,21-9+. The molecule has 0 aromatic heterocycles. The van der Waals surface area contributed by atoms with Crippen molar-refractivity contribution in [1.82, 2.24) is 0 Å². The number of para-hydroxylation sites is 2. The predicted octanol–water partition coefficient (Wildman–Crippen LogP) is 13.5. The van der Waals surface area contributed by atoms with Crippen LogP contribution >= 0.6 is 0 Å². The van der Waals surface area contributed by atoms with Gasteiger partial charge in [-0.1, -0.05) is 152 Å². The predicted molar refractivity (Wildman–Crippen MR) is 249 cm³/mol. The lowest BCUT2D eigenvalue weighted by atomic mass is 9.68. The summed E-state index contributed by atoms with van der Waals surface area (Å²) in [7, 11) is 0. The number of fused-ring (bicyclic) bond motifs is 11. The molecular formula is C57H40N4. The van der Waals surface area contributed by atoms with Crippen LogP contribution in [0.25, 0.3) is 17.2 Å². The fourth-order valence-corrected chi connectivity index (χ4v) is 10.4. The molecule has 1 aliphatic heterocycles. The maximum Gasteiger partial charge on any atom is 0.137 e. The summed E-state index contributed by atoms with van der Waals surface area (Å²) >= 11 is 0. The van der Waals surface area contributed by atoms with Gasteiger partial charge >= 0.3 is 0 Å². The summed E-state index contributed by atoms with van der Waals surface area (Å²) in [4.78, 5) is 4.82. The highest BCUT2D eigenvalue weighted by atomic mass is 15.2. The normalized spacial score (nSPS) is 20.8. The molecule has 2 bridgehead atoms. The quantitative estimate of drug-likeness (QED) is 0.164. The molecule has 0 saturated heterocycles. The highest BCUT2D eigenvalue weighted by Gasteiger charge is 2.44. The smallest absolute Gasteiger partial charge is 0.137 e. The molecule has 4 nitrogen and oxygen atoms in total. The molecule has 11 rings (SSSR count). The third kappa shape index (κ3) is 5.72. The van der Waals surface area contributed by atoms with Gasteiger partial charge in [0.15, 0.2) is 0 Å². The first kappa shape index (κ1) is 36.2. The molecule has 0 radical (unpaired) electrons. The van der Waals surface area contributed by atoms with Crippen LogP contribution in [0, 0.1) is 22.7 Å². The molecule has 4 aliphatic carbocycles. The third-order valence-corrected chi connectivity index (χ3v) is 13.0. The van der Waals surface area contributed by atoms with Crippen molar-refractivity contribution in [3.8, 4) is 12.1 Å². The SMILES string of the molecule is N#CC(C#N)=C1/C=C/C=C\C2=CC(c3ccc(N4c5ccc6c(c5C5C=CC=CC54)C=CCC6)cc3)(c3ccc(N(c4ccccc4)c4ccccc4)cc32)c2ccccc21. The summed E-state index contributed by atoms with van der Waals surface area (Å²) in [6.45, 7) is 0. The number of hydrogen-bond donors (Lipinski definition) is 0. The molecule has 61 heavy (non-hydrogen) atoms. The van der Waals surface area contributed by atoms with Crippen LogP contribution in [0.4, 0.5) is 28.4 Å². The molecule has 3 unspecified atom stereocenters. The van der Waals surface area contributed by atoms with Gasteiger partial charge in [-0.3, -0.25) is 0 Å². The molecule has 0 saturated carbocycles. The van der Waals surface area contributed by atoms with Gasteiger partial charge in [-0.15, -0.1) is 0 Å². The molecule has 0 N–H and O–H groups in total. The monoisotopic (exact) mass is 780 g/mol. The number of hydrogen-bond acceptors (Lipinski definition) is 4. The Balaban J connectivity index is 1.12. The molecular weight excluding hydrogens is 741 g/mol. The van der Waals surface area contributed by atoms with Crippen molar-refractivity contribution < 1.29 is 0 Å². The maximum atomic E-state index is 10.3. The van der Waals surface area contributed by atoms with Crippen molar-refractivity contribution in [1.29, 1.82) is 10.5 Å². The van der Waals surface area contributed by atoms with Crippen molar-refractivity contribution in [3.05, 3.63) is 250 Å². The van der Waals surface area contributed by atoms with E-state index in [1.54, 1.807) is 0 Å². The Labute approximate surface area is 357 Å². The zero-order valence-corrected chi connectivity index (χ0v) is 33.5. The van der Waals surface area contributed by atoms with Crippen molar-refractivity contribution >= 4 is 45.7 Å². The second-order valence-corrected chi connectivity index (χ2v) is 16.1. The summed E-state index contributed by atoms with van der Waals surface area (Å²) in [6, 6.07) is 54.5. The third-order valence-electron chi connectivity index (χ3n) is 13.0. The maximum absolute atomic E-state index is 10.3. The van der Waals surface area contributed by atoms with Crippen LogP contribution in [-0.2, 0) is 11.8 Å². The van der Waals surface area contributed by atoms with Crippen LogP contribution in [0.2, 0.25) is 0 Å². The first-order valence-corrected chi connectivity index (χ1v) is 21.0. The number of benzene rings is 6. The zero-order chi connectivity index (χ0) is 40.9. The summed E-state index contributed by atoms with van der Waals surface area (Å²) in [5, 5.41) is 20.5. The minimum Gasteiger partial charge on any atom is -0.333 e. The van der Waals surface area contributed by atoms with Crippen LogP contribution in [0.5, 0.6) is 0 Å².